The zero-order chi connectivity index (χ0) is 21.2. The molecule has 2 rings (SSSR count). The maximum atomic E-state index is 12.8. The third-order valence-corrected chi connectivity index (χ3v) is 5.10. The SMILES string of the molecule is CSCCC(NC(=O)C(=Cc1ccccc1)NC(=O)c1ccc(Br)cc1)C(=O)O. The molecule has 0 bridgehead atoms. The first kappa shape index (κ1) is 22.7. The third-order valence-electron chi connectivity index (χ3n) is 3.92. The molecule has 3 N–H and O–H groups in total. The summed E-state index contributed by atoms with van der Waals surface area (Å²) in [6.45, 7) is 0. The molecule has 2 amide bonds. The summed E-state index contributed by atoms with van der Waals surface area (Å²) in [4.78, 5) is 36.8. The van der Waals surface area contributed by atoms with Crippen molar-refractivity contribution in [2.75, 3.05) is 12.0 Å². The monoisotopic (exact) mass is 476 g/mol. The van der Waals surface area contributed by atoms with Crippen LogP contribution in [0.5, 0.6) is 0 Å². The van der Waals surface area contributed by atoms with Gasteiger partial charge in [0.15, 0.2) is 0 Å². The summed E-state index contributed by atoms with van der Waals surface area (Å²) in [5.74, 6) is -1.66. The Labute approximate surface area is 181 Å². The van der Waals surface area contributed by atoms with Crippen LogP contribution < -0.4 is 10.6 Å². The highest BCUT2D eigenvalue weighted by Crippen LogP contribution is 2.12. The van der Waals surface area contributed by atoms with Gasteiger partial charge in [-0.15, -0.1) is 0 Å². The predicted molar refractivity (Wildman–Crippen MR) is 119 cm³/mol. The minimum absolute atomic E-state index is 0.0282. The molecule has 1 unspecified atom stereocenters. The van der Waals surface area contributed by atoms with Crippen LogP contribution in [0.25, 0.3) is 6.08 Å². The van der Waals surface area contributed by atoms with Gasteiger partial charge < -0.3 is 15.7 Å². The zero-order valence-electron chi connectivity index (χ0n) is 15.7. The fourth-order valence-corrected chi connectivity index (χ4v) is 3.13. The van der Waals surface area contributed by atoms with Gasteiger partial charge in [-0.05, 0) is 54.3 Å². The summed E-state index contributed by atoms with van der Waals surface area (Å²) < 4.78 is 0.824. The van der Waals surface area contributed by atoms with Crippen molar-refractivity contribution in [2.45, 2.75) is 12.5 Å². The standard InChI is InChI=1S/C21H21BrN2O4S/c1-29-12-11-17(21(27)28)23-20(26)18(13-14-5-3-2-4-6-14)24-19(25)15-7-9-16(22)10-8-15/h2-10,13,17H,11-12H2,1H3,(H,23,26)(H,24,25)(H,27,28). The first-order valence-corrected chi connectivity index (χ1v) is 11.0. The van der Waals surface area contributed by atoms with Crippen molar-refractivity contribution in [3.8, 4) is 0 Å². The molecule has 29 heavy (non-hydrogen) atoms. The number of carboxylic acid groups (broad SMARTS) is 1. The second-order valence-corrected chi connectivity index (χ2v) is 7.98. The lowest BCUT2D eigenvalue weighted by molar-refractivity contribution is -0.141. The van der Waals surface area contributed by atoms with E-state index in [4.69, 9.17) is 0 Å². The van der Waals surface area contributed by atoms with Crippen LogP contribution in [0.15, 0.2) is 64.8 Å². The smallest absolute Gasteiger partial charge is 0.326 e. The third kappa shape index (κ3) is 7.40. The molecule has 0 aromatic heterocycles. The number of carbonyl (C=O) groups excluding carboxylic acids is 2. The number of benzene rings is 2. The van der Waals surface area contributed by atoms with Gasteiger partial charge >= 0.3 is 5.97 Å². The number of rotatable bonds is 9. The second kappa shape index (κ2) is 11.4. The van der Waals surface area contributed by atoms with E-state index in [0.29, 0.717) is 16.9 Å². The largest absolute Gasteiger partial charge is 0.480 e. The van der Waals surface area contributed by atoms with Gasteiger partial charge in [-0.3, -0.25) is 9.59 Å². The fourth-order valence-electron chi connectivity index (χ4n) is 2.40. The molecule has 0 aliphatic rings. The van der Waals surface area contributed by atoms with E-state index < -0.39 is 23.8 Å². The van der Waals surface area contributed by atoms with Gasteiger partial charge in [0, 0.05) is 10.0 Å². The number of carboxylic acids is 1. The minimum atomic E-state index is -1.12. The lowest BCUT2D eigenvalue weighted by Gasteiger charge is -2.16. The summed E-state index contributed by atoms with van der Waals surface area (Å²) >= 11 is 4.80. The average Bonchev–Trinajstić information content (AvgIpc) is 2.71. The zero-order valence-corrected chi connectivity index (χ0v) is 18.1. The first-order valence-electron chi connectivity index (χ1n) is 8.77. The molecule has 2 aromatic carbocycles. The van der Waals surface area contributed by atoms with Crippen LogP contribution in [0.3, 0.4) is 0 Å². The number of nitrogens with one attached hydrogen (secondary N) is 2. The molecule has 0 heterocycles. The number of aliphatic carboxylic acids is 1. The number of hydrogen-bond acceptors (Lipinski definition) is 4. The molecule has 0 radical (unpaired) electrons. The highest BCUT2D eigenvalue weighted by atomic mass is 79.9. The van der Waals surface area contributed by atoms with Gasteiger partial charge in [-0.2, -0.15) is 11.8 Å². The summed E-state index contributed by atoms with van der Waals surface area (Å²) in [5, 5.41) is 14.5. The molecule has 2 aromatic rings. The Morgan fingerprint density at radius 1 is 1.10 bits per heavy atom. The van der Waals surface area contributed by atoms with Crippen molar-refractivity contribution in [1.82, 2.24) is 10.6 Å². The maximum absolute atomic E-state index is 12.8. The first-order chi connectivity index (χ1) is 13.9. The average molecular weight is 477 g/mol. The Bertz CT molecular complexity index is 885. The Hall–Kier alpha value is -2.58. The van der Waals surface area contributed by atoms with Crippen LogP contribution in [0.4, 0.5) is 0 Å². The van der Waals surface area contributed by atoms with Crippen molar-refractivity contribution in [3.63, 3.8) is 0 Å². The summed E-state index contributed by atoms with van der Waals surface area (Å²) in [5.41, 5.74) is 1.04. The van der Waals surface area contributed by atoms with E-state index in [1.165, 1.54) is 17.8 Å². The second-order valence-electron chi connectivity index (χ2n) is 6.08. The Morgan fingerprint density at radius 2 is 1.76 bits per heavy atom. The molecule has 0 saturated heterocycles. The number of amides is 2. The lowest BCUT2D eigenvalue weighted by atomic mass is 10.1. The van der Waals surface area contributed by atoms with Gasteiger partial charge in [0.1, 0.15) is 11.7 Å². The Balaban J connectivity index is 2.25. The molecule has 6 nitrogen and oxygen atoms in total. The van der Waals surface area contributed by atoms with Gasteiger partial charge in [-0.25, -0.2) is 4.79 Å². The molecule has 0 aliphatic carbocycles. The topological polar surface area (TPSA) is 95.5 Å². The van der Waals surface area contributed by atoms with Gasteiger partial charge in [0.2, 0.25) is 0 Å². The van der Waals surface area contributed by atoms with E-state index in [0.717, 1.165) is 4.47 Å². The minimum Gasteiger partial charge on any atom is -0.480 e. The number of halogens is 1. The van der Waals surface area contributed by atoms with Crippen molar-refractivity contribution >= 4 is 51.6 Å². The van der Waals surface area contributed by atoms with E-state index in [1.54, 1.807) is 48.5 Å². The van der Waals surface area contributed by atoms with Crippen LogP contribution in [-0.4, -0.2) is 40.9 Å². The fraction of sp³-hybridized carbons (Fsp3) is 0.190. The molecule has 0 saturated carbocycles. The van der Waals surface area contributed by atoms with Crippen molar-refractivity contribution in [2.24, 2.45) is 0 Å². The van der Waals surface area contributed by atoms with E-state index >= 15 is 0 Å². The van der Waals surface area contributed by atoms with Gasteiger partial charge in [-0.1, -0.05) is 46.3 Å². The number of thioether (sulfide) groups is 1. The summed E-state index contributed by atoms with van der Waals surface area (Å²) in [6.07, 6.45) is 3.65. The van der Waals surface area contributed by atoms with E-state index in [1.807, 2.05) is 12.3 Å². The molecule has 0 spiro atoms. The van der Waals surface area contributed by atoms with Crippen LogP contribution in [0.1, 0.15) is 22.3 Å². The number of hydrogen-bond donors (Lipinski definition) is 3. The maximum Gasteiger partial charge on any atom is 0.326 e. The Morgan fingerprint density at radius 3 is 2.34 bits per heavy atom. The van der Waals surface area contributed by atoms with Crippen molar-refractivity contribution in [3.05, 3.63) is 75.9 Å². The normalized spacial score (nSPS) is 12.1. The highest BCUT2D eigenvalue weighted by Gasteiger charge is 2.22. The van der Waals surface area contributed by atoms with Crippen LogP contribution >= 0.6 is 27.7 Å². The van der Waals surface area contributed by atoms with E-state index in [9.17, 15) is 19.5 Å². The molecule has 0 aliphatic heterocycles. The predicted octanol–water partition coefficient (Wildman–Crippen LogP) is 3.54. The molecular formula is C21H21BrN2O4S. The highest BCUT2D eigenvalue weighted by molar-refractivity contribution is 9.10. The van der Waals surface area contributed by atoms with Crippen LogP contribution in [0, 0.1) is 0 Å². The Kier molecular flexibility index (Phi) is 8.95. The molecule has 152 valence electrons. The molecular weight excluding hydrogens is 456 g/mol. The van der Waals surface area contributed by atoms with Crippen molar-refractivity contribution in [1.29, 1.82) is 0 Å². The molecule has 8 heteroatoms. The van der Waals surface area contributed by atoms with Crippen LogP contribution in [-0.2, 0) is 9.59 Å². The lowest BCUT2D eigenvalue weighted by Crippen LogP contribution is -2.44. The van der Waals surface area contributed by atoms with Gasteiger partial charge in [0.25, 0.3) is 11.8 Å². The van der Waals surface area contributed by atoms with E-state index in [2.05, 4.69) is 26.6 Å². The molecule has 0 fully saturated rings. The van der Waals surface area contributed by atoms with Crippen LogP contribution in [0.2, 0.25) is 0 Å². The quantitative estimate of drug-likeness (QED) is 0.481. The van der Waals surface area contributed by atoms with E-state index in [-0.39, 0.29) is 12.1 Å². The summed E-state index contributed by atoms with van der Waals surface area (Å²) in [6, 6.07) is 14.6. The molecule has 1 atom stereocenters. The van der Waals surface area contributed by atoms with Crippen molar-refractivity contribution < 1.29 is 19.5 Å². The van der Waals surface area contributed by atoms with Gasteiger partial charge in [0.05, 0.1) is 0 Å². The number of carbonyl (C=O) groups is 3. The summed E-state index contributed by atoms with van der Waals surface area (Å²) in [7, 11) is 0.